The van der Waals surface area contributed by atoms with Gasteiger partial charge in [-0.25, -0.2) is 0 Å². The van der Waals surface area contributed by atoms with Gasteiger partial charge in [0.15, 0.2) is 0 Å². The highest BCUT2D eigenvalue weighted by atomic mass is 16.5. The van der Waals surface area contributed by atoms with Gasteiger partial charge in [0.2, 0.25) is 0 Å². The lowest BCUT2D eigenvalue weighted by atomic mass is 9.96. The summed E-state index contributed by atoms with van der Waals surface area (Å²) in [5.74, 6) is 0.0668. The summed E-state index contributed by atoms with van der Waals surface area (Å²) in [5.41, 5.74) is 1.90. The fraction of sp³-hybridized carbons (Fsp3) is 0.667. The zero-order chi connectivity index (χ0) is 13.6. The van der Waals surface area contributed by atoms with E-state index in [1.54, 1.807) is 0 Å². The molecule has 0 amide bonds. The van der Waals surface area contributed by atoms with Crippen LogP contribution >= 0.6 is 0 Å². The maximum atomic E-state index is 11.7. The molecule has 98 valence electrons. The SMILES string of the molecule is C=C(C)[C@H](CC=C(C)C)COC(=O)C(C)(C)C. The average Bonchev–Trinajstić information content (AvgIpc) is 2.14. The first-order valence-electron chi connectivity index (χ1n) is 6.10. The molecule has 0 aromatic carbocycles. The first-order chi connectivity index (χ1) is 7.64. The highest BCUT2D eigenvalue weighted by Crippen LogP contribution is 2.19. The molecular formula is C15H26O2. The highest BCUT2D eigenvalue weighted by molar-refractivity contribution is 5.75. The van der Waals surface area contributed by atoms with Gasteiger partial charge in [-0.2, -0.15) is 0 Å². The van der Waals surface area contributed by atoms with E-state index in [1.807, 2.05) is 27.7 Å². The van der Waals surface area contributed by atoms with Crippen LogP contribution < -0.4 is 0 Å². The summed E-state index contributed by atoms with van der Waals surface area (Å²) < 4.78 is 5.33. The molecule has 0 aromatic heterocycles. The first kappa shape index (κ1) is 16.0. The third kappa shape index (κ3) is 6.98. The molecule has 0 rings (SSSR count). The number of hydrogen-bond acceptors (Lipinski definition) is 2. The summed E-state index contributed by atoms with van der Waals surface area (Å²) in [5, 5.41) is 0. The summed E-state index contributed by atoms with van der Waals surface area (Å²) in [7, 11) is 0. The average molecular weight is 238 g/mol. The molecule has 1 atom stereocenters. The summed E-state index contributed by atoms with van der Waals surface area (Å²) in [6.45, 7) is 16.1. The van der Waals surface area contributed by atoms with Gasteiger partial charge in [-0.3, -0.25) is 4.79 Å². The maximum absolute atomic E-state index is 11.7. The van der Waals surface area contributed by atoms with Crippen LogP contribution in [0.4, 0.5) is 0 Å². The Morgan fingerprint density at radius 1 is 1.29 bits per heavy atom. The van der Waals surface area contributed by atoms with Gasteiger partial charge in [-0.15, -0.1) is 0 Å². The topological polar surface area (TPSA) is 26.3 Å². The molecule has 0 aliphatic carbocycles. The molecule has 0 aliphatic rings. The number of carbonyl (C=O) groups is 1. The number of carbonyl (C=O) groups excluding carboxylic acids is 1. The van der Waals surface area contributed by atoms with Crippen LogP contribution in [0.1, 0.15) is 48.0 Å². The Bertz CT molecular complexity index is 301. The molecule has 0 heterocycles. The Labute approximate surface area is 106 Å². The minimum absolute atomic E-state index is 0.152. The van der Waals surface area contributed by atoms with Crippen molar-refractivity contribution in [2.45, 2.75) is 48.0 Å². The van der Waals surface area contributed by atoms with E-state index in [0.717, 1.165) is 12.0 Å². The van der Waals surface area contributed by atoms with Gasteiger partial charge in [-0.1, -0.05) is 23.8 Å². The van der Waals surface area contributed by atoms with E-state index in [-0.39, 0.29) is 11.9 Å². The summed E-state index contributed by atoms with van der Waals surface area (Å²) >= 11 is 0. The van der Waals surface area contributed by atoms with Crippen molar-refractivity contribution in [3.63, 3.8) is 0 Å². The highest BCUT2D eigenvalue weighted by Gasteiger charge is 2.24. The molecule has 0 N–H and O–H groups in total. The van der Waals surface area contributed by atoms with Gasteiger partial charge < -0.3 is 4.74 Å². The number of esters is 1. The van der Waals surface area contributed by atoms with Crippen molar-refractivity contribution in [3.05, 3.63) is 23.8 Å². The number of allylic oxidation sites excluding steroid dienone is 2. The van der Waals surface area contributed by atoms with Crippen LogP contribution in [0, 0.1) is 11.3 Å². The van der Waals surface area contributed by atoms with Crippen molar-refractivity contribution < 1.29 is 9.53 Å². The predicted octanol–water partition coefficient (Wildman–Crippen LogP) is 4.12. The van der Waals surface area contributed by atoms with Crippen molar-refractivity contribution in [2.24, 2.45) is 11.3 Å². The smallest absolute Gasteiger partial charge is 0.311 e. The van der Waals surface area contributed by atoms with Crippen molar-refractivity contribution in [3.8, 4) is 0 Å². The fourth-order valence-corrected chi connectivity index (χ4v) is 1.18. The van der Waals surface area contributed by atoms with Crippen LogP contribution in [0.15, 0.2) is 23.8 Å². The lowest BCUT2D eigenvalue weighted by Crippen LogP contribution is -2.25. The van der Waals surface area contributed by atoms with E-state index in [2.05, 4.69) is 26.5 Å². The number of rotatable bonds is 5. The third-order valence-corrected chi connectivity index (χ3v) is 2.54. The van der Waals surface area contributed by atoms with Crippen molar-refractivity contribution >= 4 is 5.97 Å². The molecular weight excluding hydrogens is 212 g/mol. The first-order valence-corrected chi connectivity index (χ1v) is 6.10. The van der Waals surface area contributed by atoms with E-state index in [0.29, 0.717) is 6.61 Å². The Kier molecular flexibility index (Phi) is 6.22. The van der Waals surface area contributed by atoms with Crippen molar-refractivity contribution in [1.82, 2.24) is 0 Å². The molecule has 0 radical (unpaired) electrons. The Hall–Kier alpha value is -1.05. The Morgan fingerprint density at radius 3 is 2.18 bits per heavy atom. The fourth-order valence-electron chi connectivity index (χ4n) is 1.18. The van der Waals surface area contributed by atoms with E-state index < -0.39 is 5.41 Å². The summed E-state index contributed by atoms with van der Waals surface area (Å²) in [6.07, 6.45) is 3.04. The normalized spacial score (nSPS) is 12.8. The van der Waals surface area contributed by atoms with Crippen LogP contribution in [0.25, 0.3) is 0 Å². The standard InChI is InChI=1S/C15H26O2/c1-11(2)8-9-13(12(3)4)10-17-14(16)15(5,6)7/h8,13H,3,9-10H2,1-2,4-7H3/t13-/m1/s1. The van der Waals surface area contributed by atoms with Crippen LogP contribution in [0.5, 0.6) is 0 Å². The van der Waals surface area contributed by atoms with Crippen LogP contribution in [0.3, 0.4) is 0 Å². The zero-order valence-electron chi connectivity index (χ0n) is 12.1. The van der Waals surface area contributed by atoms with Gasteiger partial charge in [0.05, 0.1) is 12.0 Å². The molecule has 2 heteroatoms. The van der Waals surface area contributed by atoms with Gasteiger partial charge in [0.25, 0.3) is 0 Å². The third-order valence-electron chi connectivity index (χ3n) is 2.54. The largest absolute Gasteiger partial charge is 0.465 e. The van der Waals surface area contributed by atoms with Gasteiger partial charge in [0, 0.05) is 5.92 Å². The van der Waals surface area contributed by atoms with E-state index >= 15 is 0 Å². The monoisotopic (exact) mass is 238 g/mol. The number of ether oxygens (including phenoxy) is 1. The van der Waals surface area contributed by atoms with E-state index in [4.69, 9.17) is 4.74 Å². The van der Waals surface area contributed by atoms with Gasteiger partial charge in [0.1, 0.15) is 0 Å². The molecule has 0 aromatic rings. The Balaban J connectivity index is 4.34. The van der Waals surface area contributed by atoms with Crippen molar-refractivity contribution in [2.75, 3.05) is 6.61 Å². The van der Waals surface area contributed by atoms with Crippen LogP contribution in [-0.4, -0.2) is 12.6 Å². The van der Waals surface area contributed by atoms with E-state index in [1.165, 1.54) is 5.57 Å². The quantitative estimate of drug-likeness (QED) is 0.532. The predicted molar refractivity (Wildman–Crippen MR) is 72.8 cm³/mol. The van der Waals surface area contributed by atoms with Gasteiger partial charge >= 0.3 is 5.97 Å². The molecule has 17 heavy (non-hydrogen) atoms. The minimum atomic E-state index is -0.434. The number of hydrogen-bond donors (Lipinski definition) is 0. The van der Waals surface area contributed by atoms with Crippen molar-refractivity contribution in [1.29, 1.82) is 0 Å². The van der Waals surface area contributed by atoms with Crippen LogP contribution in [0.2, 0.25) is 0 Å². The molecule has 0 bridgehead atoms. The minimum Gasteiger partial charge on any atom is -0.465 e. The molecule has 0 aliphatic heterocycles. The molecule has 0 spiro atoms. The lowest BCUT2D eigenvalue weighted by molar-refractivity contribution is -0.153. The molecule has 2 nitrogen and oxygen atoms in total. The second-order valence-electron chi connectivity index (χ2n) is 5.91. The summed E-state index contributed by atoms with van der Waals surface area (Å²) in [6, 6.07) is 0. The van der Waals surface area contributed by atoms with Gasteiger partial charge in [-0.05, 0) is 48.0 Å². The molecule has 0 fully saturated rings. The molecule has 0 unspecified atom stereocenters. The lowest BCUT2D eigenvalue weighted by Gasteiger charge is -2.20. The second-order valence-corrected chi connectivity index (χ2v) is 5.91. The maximum Gasteiger partial charge on any atom is 0.311 e. The second kappa shape index (κ2) is 6.63. The molecule has 0 saturated heterocycles. The summed E-state index contributed by atoms with van der Waals surface area (Å²) in [4.78, 5) is 11.7. The molecule has 0 saturated carbocycles. The van der Waals surface area contributed by atoms with E-state index in [9.17, 15) is 4.79 Å². The van der Waals surface area contributed by atoms with Crippen LogP contribution in [-0.2, 0) is 9.53 Å². The Morgan fingerprint density at radius 2 is 1.82 bits per heavy atom. The zero-order valence-corrected chi connectivity index (χ0v) is 12.1.